The van der Waals surface area contributed by atoms with Crippen LogP contribution in [0, 0.1) is 0 Å². The molecule has 0 fully saturated rings. The van der Waals surface area contributed by atoms with E-state index in [1.165, 1.54) is 0 Å². The van der Waals surface area contributed by atoms with E-state index in [1.54, 1.807) is 7.11 Å². The Morgan fingerprint density at radius 1 is 1.27 bits per heavy atom. The molecule has 1 atom stereocenters. The van der Waals surface area contributed by atoms with Crippen LogP contribution in [0.3, 0.4) is 0 Å². The van der Waals surface area contributed by atoms with Crippen molar-refractivity contribution in [1.82, 2.24) is 0 Å². The van der Waals surface area contributed by atoms with Gasteiger partial charge in [-0.1, -0.05) is 0 Å². The van der Waals surface area contributed by atoms with Gasteiger partial charge in [0.25, 0.3) is 0 Å². The predicted octanol–water partition coefficient (Wildman–Crippen LogP) is 1.77. The average molecular weight is 218 g/mol. The summed E-state index contributed by atoms with van der Waals surface area (Å²) < 4.78 is 15.3. The number of hydrogen-bond acceptors (Lipinski definition) is 4. The maximum Gasteiger partial charge on any atom is 0.308 e. The summed E-state index contributed by atoms with van der Waals surface area (Å²) in [4.78, 5) is 11.4. The highest BCUT2D eigenvalue weighted by atomic mass is 16.6. The first kappa shape index (κ1) is 14.4. The monoisotopic (exact) mass is 218 g/mol. The van der Waals surface area contributed by atoms with Crippen LogP contribution in [0.1, 0.15) is 34.1 Å². The van der Waals surface area contributed by atoms with Crippen LogP contribution in [0.25, 0.3) is 0 Å². The van der Waals surface area contributed by atoms with Gasteiger partial charge in [0.2, 0.25) is 0 Å². The number of ether oxygens (including phenoxy) is 3. The van der Waals surface area contributed by atoms with Crippen LogP contribution < -0.4 is 0 Å². The van der Waals surface area contributed by atoms with Gasteiger partial charge in [-0.3, -0.25) is 4.79 Å². The average Bonchev–Trinajstić information content (AvgIpc) is 2.00. The molecule has 0 aliphatic heterocycles. The van der Waals surface area contributed by atoms with Crippen molar-refractivity contribution in [2.75, 3.05) is 20.3 Å². The molecule has 0 rings (SSSR count). The zero-order valence-electron chi connectivity index (χ0n) is 10.3. The Labute approximate surface area is 91.9 Å². The highest BCUT2D eigenvalue weighted by Gasteiger charge is 2.18. The molecular weight excluding hydrogens is 196 g/mol. The molecule has 15 heavy (non-hydrogen) atoms. The lowest BCUT2D eigenvalue weighted by atomic mass is 10.2. The van der Waals surface area contributed by atoms with Crippen molar-refractivity contribution >= 4 is 5.97 Å². The molecular formula is C11H22O4. The maximum atomic E-state index is 11.4. The minimum Gasteiger partial charge on any atom is -0.460 e. The van der Waals surface area contributed by atoms with Gasteiger partial charge in [0.15, 0.2) is 0 Å². The second-order valence-electron chi connectivity index (χ2n) is 4.46. The van der Waals surface area contributed by atoms with Gasteiger partial charge in [0.05, 0.1) is 25.7 Å². The zero-order chi connectivity index (χ0) is 11.9. The fourth-order valence-electron chi connectivity index (χ4n) is 1.01. The molecule has 0 saturated heterocycles. The van der Waals surface area contributed by atoms with Crippen LogP contribution in [-0.4, -0.2) is 38.0 Å². The van der Waals surface area contributed by atoms with Crippen molar-refractivity contribution < 1.29 is 19.0 Å². The fraction of sp³-hybridized carbons (Fsp3) is 0.909. The standard InChI is InChI=1S/C11H22O4/c1-9(14-7-6-13-5)8-10(12)15-11(2,3)4/h9H,6-8H2,1-5H3. The highest BCUT2D eigenvalue weighted by Crippen LogP contribution is 2.10. The largest absolute Gasteiger partial charge is 0.460 e. The maximum absolute atomic E-state index is 11.4. The topological polar surface area (TPSA) is 44.8 Å². The van der Waals surface area contributed by atoms with E-state index in [0.29, 0.717) is 13.2 Å². The molecule has 90 valence electrons. The summed E-state index contributed by atoms with van der Waals surface area (Å²) in [5.74, 6) is -0.229. The van der Waals surface area contributed by atoms with E-state index in [4.69, 9.17) is 14.2 Å². The zero-order valence-corrected chi connectivity index (χ0v) is 10.3. The predicted molar refractivity (Wildman–Crippen MR) is 57.8 cm³/mol. The minimum absolute atomic E-state index is 0.130. The number of carbonyl (C=O) groups is 1. The molecule has 0 aromatic carbocycles. The van der Waals surface area contributed by atoms with Crippen LogP contribution in [0.2, 0.25) is 0 Å². The summed E-state index contributed by atoms with van der Waals surface area (Å²) in [6.45, 7) is 8.43. The summed E-state index contributed by atoms with van der Waals surface area (Å²) in [5.41, 5.74) is -0.427. The number of methoxy groups -OCH3 is 1. The molecule has 0 aromatic heterocycles. The Kier molecular flexibility index (Phi) is 6.52. The summed E-state index contributed by atoms with van der Waals surface area (Å²) in [6, 6.07) is 0. The molecule has 0 amide bonds. The Morgan fingerprint density at radius 3 is 2.33 bits per heavy atom. The third-order valence-electron chi connectivity index (χ3n) is 1.56. The first-order chi connectivity index (χ1) is 6.85. The molecule has 4 nitrogen and oxygen atoms in total. The van der Waals surface area contributed by atoms with Crippen molar-refractivity contribution in [3.05, 3.63) is 0 Å². The van der Waals surface area contributed by atoms with E-state index >= 15 is 0 Å². The summed E-state index contributed by atoms with van der Waals surface area (Å²) in [6.07, 6.45) is 0.149. The number of esters is 1. The Bertz CT molecular complexity index is 184. The fourth-order valence-corrected chi connectivity index (χ4v) is 1.01. The van der Waals surface area contributed by atoms with Gasteiger partial charge >= 0.3 is 5.97 Å². The van der Waals surface area contributed by atoms with E-state index in [9.17, 15) is 4.79 Å². The third-order valence-corrected chi connectivity index (χ3v) is 1.56. The van der Waals surface area contributed by atoms with Gasteiger partial charge in [-0.15, -0.1) is 0 Å². The number of rotatable bonds is 6. The number of hydrogen-bond donors (Lipinski definition) is 0. The van der Waals surface area contributed by atoms with Crippen LogP contribution in [0.15, 0.2) is 0 Å². The van der Waals surface area contributed by atoms with E-state index in [1.807, 2.05) is 27.7 Å². The SMILES string of the molecule is COCCOC(C)CC(=O)OC(C)(C)C. The van der Waals surface area contributed by atoms with Crippen LogP contribution in [0.5, 0.6) is 0 Å². The summed E-state index contributed by atoms with van der Waals surface area (Å²) in [7, 11) is 1.61. The van der Waals surface area contributed by atoms with Crippen LogP contribution in [-0.2, 0) is 19.0 Å². The summed E-state index contributed by atoms with van der Waals surface area (Å²) >= 11 is 0. The van der Waals surface area contributed by atoms with E-state index in [0.717, 1.165) is 0 Å². The minimum atomic E-state index is -0.427. The van der Waals surface area contributed by atoms with Gasteiger partial charge in [-0.25, -0.2) is 0 Å². The highest BCUT2D eigenvalue weighted by molar-refractivity contribution is 5.70. The molecule has 0 spiro atoms. The molecule has 0 bridgehead atoms. The molecule has 0 aliphatic carbocycles. The Balaban J connectivity index is 3.67. The molecule has 4 heteroatoms. The van der Waals surface area contributed by atoms with E-state index < -0.39 is 5.60 Å². The van der Waals surface area contributed by atoms with E-state index in [-0.39, 0.29) is 18.5 Å². The molecule has 0 aromatic rings. The molecule has 0 radical (unpaired) electrons. The van der Waals surface area contributed by atoms with Crippen molar-refractivity contribution in [1.29, 1.82) is 0 Å². The molecule has 0 saturated carbocycles. The smallest absolute Gasteiger partial charge is 0.308 e. The second kappa shape index (κ2) is 6.80. The van der Waals surface area contributed by atoms with Gasteiger partial charge in [-0.2, -0.15) is 0 Å². The van der Waals surface area contributed by atoms with E-state index in [2.05, 4.69) is 0 Å². The quantitative estimate of drug-likeness (QED) is 0.503. The third kappa shape index (κ3) is 9.69. The Morgan fingerprint density at radius 2 is 1.87 bits per heavy atom. The normalized spacial score (nSPS) is 13.7. The molecule has 0 N–H and O–H groups in total. The number of carbonyl (C=O) groups excluding carboxylic acids is 1. The van der Waals surface area contributed by atoms with Crippen molar-refractivity contribution in [3.8, 4) is 0 Å². The molecule has 0 heterocycles. The van der Waals surface area contributed by atoms with Gasteiger partial charge in [-0.05, 0) is 27.7 Å². The summed E-state index contributed by atoms with van der Waals surface area (Å²) in [5, 5.41) is 0. The lowest BCUT2D eigenvalue weighted by molar-refractivity contribution is -0.157. The lowest BCUT2D eigenvalue weighted by Crippen LogP contribution is -2.27. The Hall–Kier alpha value is -0.610. The van der Waals surface area contributed by atoms with Crippen molar-refractivity contribution in [2.45, 2.75) is 45.8 Å². The van der Waals surface area contributed by atoms with Gasteiger partial charge in [0.1, 0.15) is 5.60 Å². The van der Waals surface area contributed by atoms with Crippen LogP contribution >= 0.6 is 0 Å². The lowest BCUT2D eigenvalue weighted by Gasteiger charge is -2.21. The molecule has 1 unspecified atom stereocenters. The van der Waals surface area contributed by atoms with Crippen molar-refractivity contribution in [2.24, 2.45) is 0 Å². The van der Waals surface area contributed by atoms with Crippen molar-refractivity contribution in [3.63, 3.8) is 0 Å². The second-order valence-corrected chi connectivity index (χ2v) is 4.46. The first-order valence-corrected chi connectivity index (χ1v) is 5.17. The van der Waals surface area contributed by atoms with Gasteiger partial charge < -0.3 is 14.2 Å². The van der Waals surface area contributed by atoms with Gasteiger partial charge in [0, 0.05) is 7.11 Å². The van der Waals surface area contributed by atoms with Crippen LogP contribution in [0.4, 0.5) is 0 Å². The molecule has 0 aliphatic rings. The first-order valence-electron chi connectivity index (χ1n) is 5.17.